The van der Waals surface area contributed by atoms with Crippen molar-refractivity contribution in [1.82, 2.24) is 28.9 Å². The van der Waals surface area contributed by atoms with E-state index in [2.05, 4.69) is 15.1 Å². The first-order valence-electron chi connectivity index (χ1n) is 10.1. The molecule has 4 aromatic heterocycles. The van der Waals surface area contributed by atoms with E-state index in [1.54, 1.807) is 22.4 Å². The highest BCUT2D eigenvalue weighted by molar-refractivity contribution is 7.85. The van der Waals surface area contributed by atoms with Gasteiger partial charge in [0.2, 0.25) is 0 Å². The molecule has 31 heavy (non-hydrogen) atoms. The second-order valence-corrected chi connectivity index (χ2v) is 9.53. The Bertz CT molecular complexity index is 1520. The number of aryl methyl sites for hydroxylation is 1. The third-order valence-corrected chi connectivity index (χ3v) is 7.48. The lowest BCUT2D eigenvalue weighted by molar-refractivity contribution is 0.501. The van der Waals surface area contributed by atoms with Crippen LogP contribution in [0.4, 0.5) is 0 Å². The van der Waals surface area contributed by atoms with Gasteiger partial charge in [-0.05, 0) is 24.6 Å². The number of nitrogens with one attached hydrogen (secondary N) is 1. The van der Waals surface area contributed by atoms with Gasteiger partial charge in [-0.15, -0.1) is 0 Å². The van der Waals surface area contributed by atoms with E-state index < -0.39 is 10.8 Å². The van der Waals surface area contributed by atoms with Gasteiger partial charge < -0.3 is 4.98 Å². The number of aromatic nitrogens is 6. The highest BCUT2D eigenvalue weighted by atomic mass is 32.2. The largest absolute Gasteiger partial charge is 0.339 e. The summed E-state index contributed by atoms with van der Waals surface area (Å²) < 4.78 is 17.0. The standard InChI is InChI=1S/C22H20N6O2S/c1-26-19-11-23-21-17(20(19)28(22(26)29)15-5-3-2-4-6-15)9-18(25-21)14-10-24-27(12-14)16-7-8-31(30)13-16/h2-6,9-12,16H,7-8,13H2,1H3,(H,23,25). The normalized spacial score (nSPS) is 19.0. The van der Waals surface area contributed by atoms with Gasteiger partial charge in [-0.3, -0.25) is 18.0 Å². The molecule has 1 saturated heterocycles. The number of aromatic amines is 1. The summed E-state index contributed by atoms with van der Waals surface area (Å²) in [4.78, 5) is 21.0. The van der Waals surface area contributed by atoms with Gasteiger partial charge >= 0.3 is 5.69 Å². The van der Waals surface area contributed by atoms with Gasteiger partial charge in [-0.1, -0.05) is 18.2 Å². The maximum Gasteiger partial charge on any atom is 0.333 e. The zero-order valence-corrected chi connectivity index (χ0v) is 17.7. The molecule has 8 nitrogen and oxygen atoms in total. The van der Waals surface area contributed by atoms with Crippen LogP contribution in [-0.4, -0.2) is 44.6 Å². The maximum absolute atomic E-state index is 13.0. The summed E-state index contributed by atoms with van der Waals surface area (Å²) in [5, 5.41) is 5.39. The topological polar surface area (TPSA) is 90.5 Å². The molecule has 0 aliphatic carbocycles. The number of nitrogens with zero attached hydrogens (tertiary/aromatic N) is 5. The van der Waals surface area contributed by atoms with Crippen LogP contribution in [0.1, 0.15) is 12.5 Å². The summed E-state index contributed by atoms with van der Waals surface area (Å²) >= 11 is 0. The molecule has 2 atom stereocenters. The molecule has 5 heterocycles. The number of para-hydroxylation sites is 1. The average Bonchev–Trinajstić information content (AvgIpc) is 3.55. The number of fused-ring (bicyclic) bond motifs is 3. The van der Waals surface area contributed by atoms with Crippen molar-refractivity contribution in [2.45, 2.75) is 12.5 Å². The zero-order valence-electron chi connectivity index (χ0n) is 16.9. The van der Waals surface area contributed by atoms with Crippen molar-refractivity contribution in [3.8, 4) is 16.9 Å². The molecule has 1 fully saturated rings. The van der Waals surface area contributed by atoms with E-state index in [4.69, 9.17) is 0 Å². The van der Waals surface area contributed by atoms with Crippen LogP contribution in [0.2, 0.25) is 0 Å². The minimum Gasteiger partial charge on any atom is -0.339 e. The van der Waals surface area contributed by atoms with Crippen LogP contribution >= 0.6 is 0 Å². The van der Waals surface area contributed by atoms with Gasteiger partial charge in [-0.2, -0.15) is 5.10 Å². The molecule has 0 radical (unpaired) electrons. The molecular weight excluding hydrogens is 412 g/mol. The lowest BCUT2D eigenvalue weighted by Crippen LogP contribution is -2.20. The lowest BCUT2D eigenvalue weighted by atomic mass is 10.2. The Balaban J connectivity index is 1.53. The third kappa shape index (κ3) is 2.80. The SMILES string of the molecule is Cn1c(=O)n(-c2ccccc2)c2c3cc(-c4cnn(C5CCS(=O)C5)c4)[nH]c3ncc21. The lowest BCUT2D eigenvalue weighted by Gasteiger charge is -2.07. The highest BCUT2D eigenvalue weighted by Gasteiger charge is 2.24. The van der Waals surface area contributed by atoms with Crippen molar-refractivity contribution < 1.29 is 4.21 Å². The molecule has 0 saturated carbocycles. The fourth-order valence-corrected chi connectivity index (χ4v) is 5.84. The molecule has 5 aromatic rings. The van der Waals surface area contributed by atoms with Crippen LogP contribution in [0.3, 0.4) is 0 Å². The molecule has 1 aromatic carbocycles. The van der Waals surface area contributed by atoms with E-state index in [1.165, 1.54) is 0 Å². The number of rotatable bonds is 3. The molecular formula is C22H20N6O2S. The van der Waals surface area contributed by atoms with Crippen molar-refractivity contribution in [2.75, 3.05) is 11.5 Å². The van der Waals surface area contributed by atoms with Crippen LogP contribution in [0.5, 0.6) is 0 Å². The second-order valence-electron chi connectivity index (χ2n) is 7.91. The van der Waals surface area contributed by atoms with Crippen molar-refractivity contribution in [3.05, 3.63) is 65.5 Å². The van der Waals surface area contributed by atoms with E-state index in [0.717, 1.165) is 45.5 Å². The molecule has 156 valence electrons. The van der Waals surface area contributed by atoms with Crippen LogP contribution in [0.25, 0.3) is 39.0 Å². The first kappa shape index (κ1) is 18.3. The monoisotopic (exact) mass is 432 g/mol. The van der Waals surface area contributed by atoms with Gasteiger partial charge in [0.25, 0.3) is 0 Å². The van der Waals surface area contributed by atoms with Gasteiger partial charge in [0, 0.05) is 46.5 Å². The Morgan fingerprint density at radius 3 is 2.81 bits per heavy atom. The van der Waals surface area contributed by atoms with Crippen LogP contribution in [0, 0.1) is 0 Å². The molecule has 0 spiro atoms. The fourth-order valence-electron chi connectivity index (χ4n) is 4.39. The summed E-state index contributed by atoms with van der Waals surface area (Å²) in [6.07, 6.45) is 6.43. The highest BCUT2D eigenvalue weighted by Crippen LogP contribution is 2.30. The maximum atomic E-state index is 13.0. The Morgan fingerprint density at radius 2 is 2.03 bits per heavy atom. The summed E-state index contributed by atoms with van der Waals surface area (Å²) in [6.45, 7) is 0. The van der Waals surface area contributed by atoms with E-state index >= 15 is 0 Å². The number of hydrogen-bond donors (Lipinski definition) is 1. The Labute approximate surface area is 179 Å². The predicted molar refractivity (Wildman–Crippen MR) is 121 cm³/mol. The minimum absolute atomic E-state index is 0.111. The van der Waals surface area contributed by atoms with Crippen LogP contribution in [-0.2, 0) is 17.8 Å². The van der Waals surface area contributed by atoms with Gasteiger partial charge in [0.1, 0.15) is 5.65 Å². The fraction of sp³-hybridized carbons (Fsp3) is 0.227. The number of hydrogen-bond acceptors (Lipinski definition) is 4. The Hall–Kier alpha value is -3.46. The minimum atomic E-state index is -0.751. The van der Waals surface area contributed by atoms with E-state index in [9.17, 15) is 9.00 Å². The second kappa shape index (κ2) is 6.78. The number of imidazole rings is 1. The Morgan fingerprint density at radius 1 is 1.19 bits per heavy atom. The zero-order chi connectivity index (χ0) is 21.1. The van der Waals surface area contributed by atoms with E-state index in [0.29, 0.717) is 11.4 Å². The number of H-pyrrole nitrogens is 1. The first-order valence-corrected chi connectivity index (χ1v) is 11.6. The van der Waals surface area contributed by atoms with Gasteiger partial charge in [-0.25, -0.2) is 9.78 Å². The quantitative estimate of drug-likeness (QED) is 0.475. The molecule has 1 N–H and O–H groups in total. The molecule has 1 aliphatic heterocycles. The summed E-state index contributed by atoms with van der Waals surface area (Å²) in [6, 6.07) is 11.8. The average molecular weight is 433 g/mol. The first-order chi connectivity index (χ1) is 15.1. The summed E-state index contributed by atoms with van der Waals surface area (Å²) in [7, 11) is 1.01. The van der Waals surface area contributed by atoms with Crippen molar-refractivity contribution >= 4 is 32.9 Å². The number of benzene rings is 1. The summed E-state index contributed by atoms with van der Waals surface area (Å²) in [5.41, 5.74) is 4.84. The molecule has 1 aliphatic rings. The molecule has 9 heteroatoms. The molecule has 2 unspecified atom stereocenters. The van der Waals surface area contributed by atoms with E-state index in [1.807, 2.05) is 53.5 Å². The van der Waals surface area contributed by atoms with Crippen molar-refractivity contribution in [2.24, 2.45) is 7.05 Å². The molecule has 6 rings (SSSR count). The summed E-state index contributed by atoms with van der Waals surface area (Å²) in [5.74, 6) is 1.39. The molecule has 0 amide bonds. The van der Waals surface area contributed by atoms with Gasteiger partial charge in [0.15, 0.2) is 0 Å². The van der Waals surface area contributed by atoms with Gasteiger partial charge in [0.05, 0.1) is 40.9 Å². The van der Waals surface area contributed by atoms with Crippen molar-refractivity contribution in [1.29, 1.82) is 0 Å². The van der Waals surface area contributed by atoms with E-state index in [-0.39, 0.29) is 11.7 Å². The van der Waals surface area contributed by atoms with Crippen LogP contribution < -0.4 is 5.69 Å². The predicted octanol–water partition coefficient (Wildman–Crippen LogP) is 2.76. The molecule has 0 bridgehead atoms. The Kier molecular flexibility index (Phi) is 4.01. The number of pyridine rings is 1. The third-order valence-electron chi connectivity index (χ3n) is 6.03. The van der Waals surface area contributed by atoms with Crippen LogP contribution in [0.15, 0.2) is 59.8 Å². The van der Waals surface area contributed by atoms with Crippen molar-refractivity contribution in [3.63, 3.8) is 0 Å². The smallest absolute Gasteiger partial charge is 0.333 e.